The highest BCUT2D eigenvalue weighted by Crippen LogP contribution is 2.21. The third-order valence-corrected chi connectivity index (χ3v) is 4.77. The van der Waals surface area contributed by atoms with E-state index in [-0.39, 0.29) is 6.54 Å². The first-order chi connectivity index (χ1) is 14.7. The fourth-order valence-electron chi connectivity index (χ4n) is 3.23. The van der Waals surface area contributed by atoms with Crippen molar-refractivity contribution in [3.8, 4) is 11.8 Å². The van der Waals surface area contributed by atoms with Gasteiger partial charge in [0.2, 0.25) is 0 Å². The average Bonchev–Trinajstić information content (AvgIpc) is 2.73. The minimum atomic E-state index is -0.571. The van der Waals surface area contributed by atoms with Crippen molar-refractivity contribution in [2.45, 2.75) is 32.8 Å². The molecule has 1 amide bonds. The zero-order chi connectivity index (χ0) is 22.9. The highest BCUT2D eigenvalue weighted by molar-refractivity contribution is 5.93. The molecular formula is C23H34N4O4. The predicted octanol–water partition coefficient (Wildman–Crippen LogP) is 1.82. The van der Waals surface area contributed by atoms with Crippen LogP contribution in [0.1, 0.15) is 43.1 Å². The molecule has 3 N–H and O–H groups in total. The van der Waals surface area contributed by atoms with E-state index in [4.69, 9.17) is 15.2 Å². The second kappa shape index (κ2) is 11.6. The van der Waals surface area contributed by atoms with E-state index in [1.165, 1.54) is 7.11 Å². The molecular weight excluding hydrogens is 396 g/mol. The summed E-state index contributed by atoms with van der Waals surface area (Å²) in [5.74, 6) is 5.44. The lowest BCUT2D eigenvalue weighted by molar-refractivity contribution is 0.0533. The monoisotopic (exact) mass is 430 g/mol. The molecule has 0 bridgehead atoms. The van der Waals surface area contributed by atoms with Gasteiger partial charge in [-0.3, -0.25) is 4.90 Å². The summed E-state index contributed by atoms with van der Waals surface area (Å²) in [5.41, 5.74) is 7.02. The van der Waals surface area contributed by atoms with Crippen LogP contribution in [0.2, 0.25) is 0 Å². The maximum absolute atomic E-state index is 12.2. The number of amides is 1. The van der Waals surface area contributed by atoms with Crippen LogP contribution in [-0.2, 0) is 9.47 Å². The average molecular weight is 431 g/mol. The van der Waals surface area contributed by atoms with Crippen molar-refractivity contribution in [3.05, 3.63) is 29.3 Å². The Morgan fingerprint density at radius 3 is 2.52 bits per heavy atom. The SMILES string of the molecule is COC(=O)c1ccc(N2CCN(CCCN)CC2)cc1C#CCNC(=O)OC(C)(C)C. The van der Waals surface area contributed by atoms with Crippen molar-refractivity contribution in [1.82, 2.24) is 10.2 Å². The Bertz CT molecular complexity index is 815. The van der Waals surface area contributed by atoms with Crippen molar-refractivity contribution in [3.63, 3.8) is 0 Å². The Kier molecular flexibility index (Phi) is 9.16. The smallest absolute Gasteiger partial charge is 0.408 e. The molecule has 1 aromatic carbocycles. The van der Waals surface area contributed by atoms with Gasteiger partial charge < -0.3 is 25.4 Å². The summed E-state index contributed by atoms with van der Waals surface area (Å²) < 4.78 is 10.1. The van der Waals surface area contributed by atoms with E-state index in [2.05, 4.69) is 27.0 Å². The molecule has 8 heteroatoms. The van der Waals surface area contributed by atoms with Gasteiger partial charge in [-0.05, 0) is 58.5 Å². The van der Waals surface area contributed by atoms with Crippen LogP contribution in [0.3, 0.4) is 0 Å². The summed E-state index contributed by atoms with van der Waals surface area (Å²) >= 11 is 0. The lowest BCUT2D eigenvalue weighted by atomic mass is 10.1. The maximum atomic E-state index is 12.2. The number of nitrogens with one attached hydrogen (secondary N) is 1. The van der Waals surface area contributed by atoms with Gasteiger partial charge in [0.15, 0.2) is 0 Å². The molecule has 1 aliphatic rings. The van der Waals surface area contributed by atoms with Gasteiger partial charge in [-0.2, -0.15) is 0 Å². The van der Waals surface area contributed by atoms with Crippen LogP contribution >= 0.6 is 0 Å². The molecule has 1 aliphatic heterocycles. The van der Waals surface area contributed by atoms with E-state index in [1.54, 1.807) is 26.8 Å². The summed E-state index contributed by atoms with van der Waals surface area (Å²) in [5, 5.41) is 2.60. The highest BCUT2D eigenvalue weighted by Gasteiger charge is 2.19. The summed E-state index contributed by atoms with van der Waals surface area (Å²) in [4.78, 5) is 28.6. The van der Waals surface area contributed by atoms with E-state index in [9.17, 15) is 9.59 Å². The van der Waals surface area contributed by atoms with Crippen LogP contribution in [-0.4, -0.2) is 75.5 Å². The quantitative estimate of drug-likeness (QED) is 0.525. The van der Waals surface area contributed by atoms with Crippen LogP contribution in [0.5, 0.6) is 0 Å². The van der Waals surface area contributed by atoms with E-state index in [0.717, 1.165) is 44.8 Å². The van der Waals surface area contributed by atoms with Crippen LogP contribution in [0.4, 0.5) is 10.5 Å². The Balaban J connectivity index is 2.08. The number of carbonyl (C=O) groups excluding carboxylic acids is 2. The lowest BCUT2D eigenvalue weighted by Crippen LogP contribution is -2.46. The van der Waals surface area contributed by atoms with Crippen molar-refractivity contribution >= 4 is 17.7 Å². The zero-order valence-corrected chi connectivity index (χ0v) is 19.0. The number of rotatable bonds is 6. The number of alkyl carbamates (subject to hydrolysis) is 1. The minimum Gasteiger partial charge on any atom is -0.465 e. The Morgan fingerprint density at radius 1 is 1.19 bits per heavy atom. The van der Waals surface area contributed by atoms with Crippen LogP contribution < -0.4 is 16.0 Å². The first-order valence-corrected chi connectivity index (χ1v) is 10.6. The van der Waals surface area contributed by atoms with E-state index in [1.807, 2.05) is 12.1 Å². The maximum Gasteiger partial charge on any atom is 0.408 e. The Morgan fingerprint density at radius 2 is 1.90 bits per heavy atom. The first-order valence-electron chi connectivity index (χ1n) is 10.6. The molecule has 0 saturated carbocycles. The molecule has 0 radical (unpaired) electrons. The third kappa shape index (κ3) is 8.12. The van der Waals surface area contributed by atoms with Crippen LogP contribution in [0.25, 0.3) is 0 Å². The number of anilines is 1. The number of esters is 1. The van der Waals surface area contributed by atoms with Crippen molar-refractivity contribution < 1.29 is 19.1 Å². The summed E-state index contributed by atoms with van der Waals surface area (Å²) in [6, 6.07) is 5.57. The molecule has 0 aliphatic carbocycles. The van der Waals surface area contributed by atoms with Gasteiger partial charge in [0.25, 0.3) is 0 Å². The van der Waals surface area contributed by atoms with Crippen molar-refractivity contribution in [2.75, 3.05) is 57.8 Å². The number of carbonyl (C=O) groups is 2. The van der Waals surface area contributed by atoms with Crippen LogP contribution in [0, 0.1) is 11.8 Å². The van der Waals surface area contributed by atoms with E-state index in [0.29, 0.717) is 17.7 Å². The lowest BCUT2D eigenvalue weighted by Gasteiger charge is -2.36. The molecule has 0 spiro atoms. The number of hydrogen-bond donors (Lipinski definition) is 2. The number of methoxy groups -OCH3 is 1. The summed E-state index contributed by atoms with van der Waals surface area (Å²) in [6.45, 7) is 11.0. The normalized spacial score (nSPS) is 14.4. The molecule has 8 nitrogen and oxygen atoms in total. The molecule has 1 saturated heterocycles. The number of piperazine rings is 1. The van der Waals surface area contributed by atoms with Gasteiger partial charge in [0, 0.05) is 37.4 Å². The molecule has 1 aromatic rings. The van der Waals surface area contributed by atoms with Gasteiger partial charge in [0.1, 0.15) is 5.60 Å². The Labute approximate surface area is 185 Å². The van der Waals surface area contributed by atoms with Gasteiger partial charge in [0.05, 0.1) is 19.2 Å². The van der Waals surface area contributed by atoms with Crippen LogP contribution in [0.15, 0.2) is 18.2 Å². The minimum absolute atomic E-state index is 0.111. The second-order valence-electron chi connectivity index (χ2n) is 8.35. The van der Waals surface area contributed by atoms with Crippen molar-refractivity contribution in [1.29, 1.82) is 0 Å². The van der Waals surface area contributed by atoms with Crippen molar-refractivity contribution in [2.24, 2.45) is 5.73 Å². The molecule has 2 rings (SSSR count). The van der Waals surface area contributed by atoms with Gasteiger partial charge in [-0.25, -0.2) is 9.59 Å². The van der Waals surface area contributed by atoms with Gasteiger partial charge in [-0.15, -0.1) is 0 Å². The second-order valence-corrected chi connectivity index (χ2v) is 8.35. The summed E-state index contributed by atoms with van der Waals surface area (Å²) in [6.07, 6.45) is 0.474. The highest BCUT2D eigenvalue weighted by atomic mass is 16.6. The van der Waals surface area contributed by atoms with Gasteiger partial charge >= 0.3 is 12.1 Å². The topological polar surface area (TPSA) is 97.1 Å². The fraction of sp³-hybridized carbons (Fsp3) is 0.565. The zero-order valence-electron chi connectivity index (χ0n) is 19.0. The Hall–Kier alpha value is -2.76. The number of benzene rings is 1. The number of ether oxygens (including phenoxy) is 2. The third-order valence-electron chi connectivity index (χ3n) is 4.77. The molecule has 0 atom stereocenters. The van der Waals surface area contributed by atoms with Gasteiger partial charge in [-0.1, -0.05) is 11.8 Å². The largest absolute Gasteiger partial charge is 0.465 e. The summed E-state index contributed by atoms with van der Waals surface area (Å²) in [7, 11) is 1.35. The number of nitrogens with two attached hydrogens (primary N) is 1. The fourth-order valence-corrected chi connectivity index (χ4v) is 3.23. The first kappa shape index (κ1) is 24.5. The standard InChI is InChI=1S/C23H34N4O4/c1-23(2,3)31-22(29)25-11-5-7-18-17-19(8-9-20(18)21(28)30-4)27-15-13-26(14-16-27)12-6-10-24/h8-9,17H,6,10-16,24H2,1-4H3,(H,25,29). The number of nitrogens with zero attached hydrogens (tertiary/aromatic N) is 2. The molecule has 1 heterocycles. The molecule has 0 aromatic heterocycles. The molecule has 1 fully saturated rings. The van der Waals surface area contributed by atoms with E-state index < -0.39 is 17.7 Å². The molecule has 31 heavy (non-hydrogen) atoms. The van der Waals surface area contributed by atoms with E-state index >= 15 is 0 Å². The molecule has 170 valence electrons. The number of hydrogen-bond acceptors (Lipinski definition) is 7. The predicted molar refractivity (Wildman–Crippen MR) is 121 cm³/mol. The molecule has 0 unspecified atom stereocenters.